The zero-order valence-electron chi connectivity index (χ0n) is 9.20. The van der Waals surface area contributed by atoms with Gasteiger partial charge in [0, 0.05) is 0 Å². The van der Waals surface area contributed by atoms with E-state index in [1.807, 2.05) is 6.08 Å². The maximum atomic E-state index is 11.5. The van der Waals surface area contributed by atoms with E-state index in [1.54, 1.807) is 0 Å². The van der Waals surface area contributed by atoms with Crippen LogP contribution in [0.25, 0.3) is 0 Å². The number of aliphatic hydroxyl groups excluding tert-OH is 1. The van der Waals surface area contributed by atoms with E-state index in [9.17, 15) is 9.90 Å². The van der Waals surface area contributed by atoms with Gasteiger partial charge in [0.15, 0.2) is 5.76 Å². The van der Waals surface area contributed by atoms with Gasteiger partial charge < -0.3 is 5.11 Å². The lowest BCUT2D eigenvalue weighted by Crippen LogP contribution is -2.13. The van der Waals surface area contributed by atoms with Gasteiger partial charge in [-0.1, -0.05) is 25.8 Å². The van der Waals surface area contributed by atoms with E-state index >= 15 is 0 Å². The van der Waals surface area contributed by atoms with Crippen molar-refractivity contribution in [3.8, 4) is 0 Å². The zero-order valence-corrected chi connectivity index (χ0v) is 9.20. The first-order valence-electron chi connectivity index (χ1n) is 5.84. The Kier molecular flexibility index (Phi) is 2.94. The molecular weight excluding hydrogens is 188 g/mol. The molecular formula is C13H18O2. The number of carbonyl (C=O) groups excluding carboxylic acids is 1. The second-order valence-corrected chi connectivity index (χ2v) is 4.69. The monoisotopic (exact) mass is 206 g/mol. The molecule has 0 aromatic carbocycles. The van der Waals surface area contributed by atoms with Gasteiger partial charge in [-0.3, -0.25) is 4.79 Å². The highest BCUT2D eigenvalue weighted by atomic mass is 16.3. The van der Waals surface area contributed by atoms with Crippen LogP contribution in [-0.2, 0) is 4.79 Å². The summed E-state index contributed by atoms with van der Waals surface area (Å²) >= 11 is 0. The van der Waals surface area contributed by atoms with Crippen molar-refractivity contribution in [2.45, 2.75) is 39.0 Å². The number of carbonyl (C=O) groups is 1. The molecule has 2 aliphatic carbocycles. The summed E-state index contributed by atoms with van der Waals surface area (Å²) in [6.45, 7) is 2.10. The molecule has 2 nitrogen and oxygen atoms in total. The van der Waals surface area contributed by atoms with Crippen LogP contribution in [-0.4, -0.2) is 10.9 Å². The Hall–Kier alpha value is -1.05. The summed E-state index contributed by atoms with van der Waals surface area (Å²) < 4.78 is 0. The molecule has 2 rings (SSSR count). The number of hydrogen-bond donors (Lipinski definition) is 1. The van der Waals surface area contributed by atoms with Gasteiger partial charge in [-0.15, -0.1) is 0 Å². The Balaban J connectivity index is 2.31. The molecule has 0 saturated heterocycles. The van der Waals surface area contributed by atoms with E-state index in [-0.39, 0.29) is 11.5 Å². The highest BCUT2D eigenvalue weighted by Crippen LogP contribution is 2.38. The van der Waals surface area contributed by atoms with E-state index in [2.05, 4.69) is 6.92 Å². The average molecular weight is 206 g/mol. The Morgan fingerprint density at radius 3 is 2.67 bits per heavy atom. The maximum Gasteiger partial charge on any atom is 0.219 e. The predicted octanol–water partition coefficient (Wildman–Crippen LogP) is 3.15. The summed E-state index contributed by atoms with van der Waals surface area (Å²) in [5, 5.41) is 9.93. The van der Waals surface area contributed by atoms with Gasteiger partial charge >= 0.3 is 0 Å². The number of allylic oxidation sites excluding steroid dienone is 3. The number of aliphatic hydroxyl groups is 1. The van der Waals surface area contributed by atoms with Crippen LogP contribution in [0.1, 0.15) is 39.0 Å². The van der Waals surface area contributed by atoms with Crippen molar-refractivity contribution < 1.29 is 9.90 Å². The molecule has 0 aromatic heterocycles. The van der Waals surface area contributed by atoms with E-state index in [1.165, 1.54) is 18.9 Å². The fourth-order valence-corrected chi connectivity index (χ4v) is 2.79. The second kappa shape index (κ2) is 4.21. The topological polar surface area (TPSA) is 37.3 Å². The van der Waals surface area contributed by atoms with Crippen molar-refractivity contribution in [1.82, 2.24) is 0 Å². The van der Waals surface area contributed by atoms with Crippen LogP contribution in [0.3, 0.4) is 0 Å². The van der Waals surface area contributed by atoms with Crippen LogP contribution in [0.15, 0.2) is 23.5 Å². The van der Waals surface area contributed by atoms with Crippen LogP contribution in [0.5, 0.6) is 0 Å². The zero-order chi connectivity index (χ0) is 10.8. The molecule has 1 atom stereocenters. The largest absolute Gasteiger partial charge is 0.504 e. The molecule has 0 radical (unpaired) electrons. The normalized spacial score (nSPS) is 28.6. The standard InChI is InChI=1S/C13H18O2/c1-9-5-4-8-11(14)13(15)12(9)10-6-2-3-7-10/h4,8-10,15H,2-3,5-7H2,1H3. The minimum Gasteiger partial charge on any atom is -0.504 e. The third-order valence-electron chi connectivity index (χ3n) is 3.59. The first-order valence-corrected chi connectivity index (χ1v) is 5.84. The van der Waals surface area contributed by atoms with Crippen molar-refractivity contribution in [1.29, 1.82) is 0 Å². The van der Waals surface area contributed by atoms with Crippen LogP contribution in [0, 0.1) is 11.8 Å². The Labute approximate surface area is 90.7 Å². The Bertz CT molecular complexity index is 319. The molecule has 1 fully saturated rings. The lowest BCUT2D eigenvalue weighted by molar-refractivity contribution is -0.113. The molecule has 1 N–H and O–H groups in total. The molecule has 0 heterocycles. The molecule has 0 spiro atoms. The molecule has 15 heavy (non-hydrogen) atoms. The lowest BCUT2D eigenvalue weighted by atomic mass is 9.85. The molecule has 2 aliphatic rings. The molecule has 2 heteroatoms. The first-order chi connectivity index (χ1) is 7.20. The van der Waals surface area contributed by atoms with Gasteiger partial charge in [-0.2, -0.15) is 0 Å². The third-order valence-corrected chi connectivity index (χ3v) is 3.59. The van der Waals surface area contributed by atoms with E-state index in [0.717, 1.165) is 24.8 Å². The van der Waals surface area contributed by atoms with Gasteiger partial charge in [0.1, 0.15) is 0 Å². The van der Waals surface area contributed by atoms with Crippen molar-refractivity contribution in [2.75, 3.05) is 0 Å². The van der Waals surface area contributed by atoms with Gasteiger partial charge in [-0.05, 0) is 42.7 Å². The molecule has 0 aliphatic heterocycles. The predicted molar refractivity (Wildman–Crippen MR) is 59.5 cm³/mol. The Morgan fingerprint density at radius 2 is 2.00 bits per heavy atom. The van der Waals surface area contributed by atoms with Crippen molar-refractivity contribution >= 4 is 5.78 Å². The smallest absolute Gasteiger partial charge is 0.219 e. The van der Waals surface area contributed by atoms with Gasteiger partial charge in [0.05, 0.1) is 0 Å². The fourth-order valence-electron chi connectivity index (χ4n) is 2.79. The second-order valence-electron chi connectivity index (χ2n) is 4.69. The van der Waals surface area contributed by atoms with Crippen molar-refractivity contribution in [3.05, 3.63) is 23.5 Å². The summed E-state index contributed by atoms with van der Waals surface area (Å²) in [7, 11) is 0. The highest BCUT2D eigenvalue weighted by molar-refractivity contribution is 6.02. The van der Waals surface area contributed by atoms with E-state index < -0.39 is 0 Å². The van der Waals surface area contributed by atoms with Gasteiger partial charge in [0.2, 0.25) is 5.78 Å². The molecule has 82 valence electrons. The Morgan fingerprint density at radius 1 is 1.33 bits per heavy atom. The first kappa shape index (κ1) is 10.5. The molecule has 0 amide bonds. The molecule has 0 bridgehead atoms. The summed E-state index contributed by atoms with van der Waals surface area (Å²) in [5.74, 6) is 0.587. The number of rotatable bonds is 1. The van der Waals surface area contributed by atoms with Crippen LogP contribution < -0.4 is 0 Å². The van der Waals surface area contributed by atoms with Crippen molar-refractivity contribution in [3.63, 3.8) is 0 Å². The van der Waals surface area contributed by atoms with Crippen molar-refractivity contribution in [2.24, 2.45) is 11.8 Å². The third kappa shape index (κ3) is 1.99. The van der Waals surface area contributed by atoms with Crippen LogP contribution >= 0.6 is 0 Å². The van der Waals surface area contributed by atoms with Crippen LogP contribution in [0.4, 0.5) is 0 Å². The summed E-state index contributed by atoms with van der Waals surface area (Å²) in [6.07, 6.45) is 9.00. The number of hydrogen-bond acceptors (Lipinski definition) is 2. The lowest BCUT2D eigenvalue weighted by Gasteiger charge is -2.20. The molecule has 0 aromatic rings. The SMILES string of the molecule is CC1CC=CC(=O)C(O)=C1C1CCCC1. The minimum absolute atomic E-state index is 0.0307. The van der Waals surface area contributed by atoms with E-state index in [4.69, 9.17) is 0 Å². The van der Waals surface area contributed by atoms with Gasteiger partial charge in [-0.25, -0.2) is 0 Å². The minimum atomic E-state index is -0.207. The quantitative estimate of drug-likeness (QED) is 0.715. The molecule has 1 unspecified atom stereocenters. The summed E-state index contributed by atoms with van der Waals surface area (Å²) in [5.41, 5.74) is 1.02. The summed E-state index contributed by atoms with van der Waals surface area (Å²) in [4.78, 5) is 11.5. The highest BCUT2D eigenvalue weighted by Gasteiger charge is 2.29. The van der Waals surface area contributed by atoms with Crippen LogP contribution in [0.2, 0.25) is 0 Å². The average Bonchev–Trinajstić information content (AvgIpc) is 2.67. The maximum absolute atomic E-state index is 11.5. The van der Waals surface area contributed by atoms with Gasteiger partial charge in [0.25, 0.3) is 0 Å². The molecule has 1 saturated carbocycles. The van der Waals surface area contributed by atoms with E-state index in [0.29, 0.717) is 11.8 Å². The summed E-state index contributed by atoms with van der Waals surface area (Å²) in [6, 6.07) is 0. The number of ketones is 1. The fraction of sp³-hybridized carbons (Fsp3) is 0.615.